The van der Waals surface area contributed by atoms with Crippen LogP contribution < -0.4 is 5.56 Å². The van der Waals surface area contributed by atoms with Gasteiger partial charge in [-0.05, 0) is 24.7 Å². The van der Waals surface area contributed by atoms with Crippen molar-refractivity contribution in [3.63, 3.8) is 0 Å². The molecule has 0 aromatic carbocycles. The number of H-pyrrole nitrogens is 1. The smallest absolute Gasteiger partial charge is 0.277 e. The monoisotopic (exact) mass is 307 g/mol. The molecule has 21 heavy (non-hydrogen) atoms. The van der Waals surface area contributed by atoms with Gasteiger partial charge < -0.3 is 4.57 Å². The van der Waals surface area contributed by atoms with E-state index in [0.29, 0.717) is 16.2 Å². The third kappa shape index (κ3) is 2.97. The van der Waals surface area contributed by atoms with Crippen molar-refractivity contribution in [1.82, 2.24) is 24.5 Å². The molecule has 114 valence electrons. The Labute approximate surface area is 128 Å². The highest BCUT2D eigenvalue weighted by Gasteiger charge is 2.21. The minimum Gasteiger partial charge on any atom is -0.300 e. The molecule has 0 fully saturated rings. The van der Waals surface area contributed by atoms with Crippen molar-refractivity contribution in [2.24, 2.45) is 7.05 Å². The Balaban J connectivity index is 2.72. The van der Waals surface area contributed by atoms with Gasteiger partial charge in [0.1, 0.15) is 0 Å². The predicted molar refractivity (Wildman–Crippen MR) is 84.9 cm³/mol. The second-order valence-electron chi connectivity index (χ2n) is 6.13. The molecule has 2 aromatic heterocycles. The van der Waals surface area contributed by atoms with Crippen molar-refractivity contribution in [1.29, 1.82) is 0 Å². The maximum Gasteiger partial charge on any atom is 0.277 e. The van der Waals surface area contributed by atoms with Crippen LogP contribution >= 0.6 is 12.2 Å². The summed E-state index contributed by atoms with van der Waals surface area (Å²) in [4.78, 5) is 12.4. The summed E-state index contributed by atoms with van der Waals surface area (Å²) in [6, 6.07) is 1.82. The summed E-state index contributed by atoms with van der Waals surface area (Å²) in [7, 11) is 1.66. The minimum atomic E-state index is -0.172. The van der Waals surface area contributed by atoms with Gasteiger partial charge >= 0.3 is 0 Å². The van der Waals surface area contributed by atoms with Crippen LogP contribution in [0, 0.1) is 4.77 Å². The van der Waals surface area contributed by atoms with Crippen LogP contribution in [0.1, 0.15) is 39.8 Å². The summed E-state index contributed by atoms with van der Waals surface area (Å²) in [6.45, 7) is 8.97. The van der Waals surface area contributed by atoms with Gasteiger partial charge in [0.25, 0.3) is 5.56 Å². The van der Waals surface area contributed by atoms with Gasteiger partial charge in [-0.15, -0.1) is 0 Å². The molecule has 0 aliphatic heterocycles. The lowest BCUT2D eigenvalue weighted by Gasteiger charge is -2.19. The summed E-state index contributed by atoms with van der Waals surface area (Å²) in [5.74, 6) is 0.579. The number of aromatic nitrogens is 5. The molecule has 7 heteroatoms. The van der Waals surface area contributed by atoms with E-state index in [1.165, 1.54) is 4.68 Å². The Morgan fingerprint density at radius 3 is 2.62 bits per heavy atom. The Morgan fingerprint density at radius 2 is 2.05 bits per heavy atom. The second-order valence-corrected chi connectivity index (χ2v) is 6.51. The second kappa shape index (κ2) is 5.55. The van der Waals surface area contributed by atoms with Crippen LogP contribution in [0.4, 0.5) is 0 Å². The molecule has 2 aromatic rings. The van der Waals surface area contributed by atoms with Crippen molar-refractivity contribution in [3.8, 4) is 11.4 Å². The highest BCUT2D eigenvalue weighted by molar-refractivity contribution is 7.71. The van der Waals surface area contributed by atoms with Gasteiger partial charge in [0.15, 0.2) is 10.6 Å². The van der Waals surface area contributed by atoms with E-state index >= 15 is 0 Å². The molecular weight excluding hydrogens is 286 g/mol. The fourth-order valence-electron chi connectivity index (χ4n) is 2.09. The largest absolute Gasteiger partial charge is 0.300 e. The Bertz CT molecular complexity index is 763. The molecule has 0 aliphatic rings. The number of aromatic amines is 1. The van der Waals surface area contributed by atoms with Crippen molar-refractivity contribution in [3.05, 3.63) is 26.9 Å². The summed E-state index contributed by atoms with van der Waals surface area (Å²) in [5.41, 5.74) is 1.05. The molecule has 0 unspecified atom stereocenters. The highest BCUT2D eigenvalue weighted by Crippen LogP contribution is 2.22. The zero-order chi connectivity index (χ0) is 15.8. The molecule has 0 bridgehead atoms. The van der Waals surface area contributed by atoms with E-state index in [2.05, 4.69) is 43.0 Å². The van der Waals surface area contributed by atoms with Crippen molar-refractivity contribution in [2.75, 3.05) is 0 Å². The lowest BCUT2D eigenvalue weighted by atomic mass is 9.91. The predicted octanol–water partition coefficient (Wildman–Crippen LogP) is 2.41. The zero-order valence-corrected chi connectivity index (χ0v) is 13.9. The molecule has 0 radical (unpaired) electrons. The van der Waals surface area contributed by atoms with Crippen molar-refractivity contribution >= 4 is 12.2 Å². The van der Waals surface area contributed by atoms with Gasteiger partial charge in [-0.1, -0.05) is 27.7 Å². The fourth-order valence-corrected chi connectivity index (χ4v) is 2.31. The summed E-state index contributed by atoms with van der Waals surface area (Å²) in [6.07, 6.45) is 0.915. The lowest BCUT2D eigenvalue weighted by molar-refractivity contribution is 0.531. The van der Waals surface area contributed by atoms with Crippen LogP contribution in [0.25, 0.3) is 11.4 Å². The summed E-state index contributed by atoms with van der Waals surface area (Å²) in [5, 5.41) is 11.4. The zero-order valence-electron chi connectivity index (χ0n) is 13.1. The molecule has 0 saturated carbocycles. The Kier molecular flexibility index (Phi) is 4.13. The van der Waals surface area contributed by atoms with E-state index in [9.17, 15) is 4.79 Å². The molecule has 0 amide bonds. The van der Waals surface area contributed by atoms with Gasteiger partial charge in [-0.3, -0.25) is 9.89 Å². The molecular formula is C14H21N5OS. The van der Waals surface area contributed by atoms with Crippen LogP contribution in [-0.2, 0) is 19.0 Å². The number of hydrogen-bond donors (Lipinski definition) is 1. The van der Waals surface area contributed by atoms with E-state index in [1.54, 1.807) is 7.05 Å². The van der Waals surface area contributed by atoms with Crippen LogP contribution in [-0.4, -0.2) is 24.5 Å². The maximum absolute atomic E-state index is 12.4. The fraction of sp³-hybridized carbons (Fsp3) is 0.571. The van der Waals surface area contributed by atoms with Crippen LogP contribution in [0.5, 0.6) is 0 Å². The normalized spacial score (nSPS) is 11.9. The average molecular weight is 307 g/mol. The summed E-state index contributed by atoms with van der Waals surface area (Å²) < 4.78 is 3.76. The number of nitrogens with zero attached hydrogens (tertiary/aromatic N) is 4. The molecule has 2 heterocycles. The number of rotatable bonds is 3. The highest BCUT2D eigenvalue weighted by atomic mass is 32.1. The van der Waals surface area contributed by atoms with E-state index in [4.69, 9.17) is 12.2 Å². The molecule has 0 atom stereocenters. The number of aryl methyl sites for hydroxylation is 1. The van der Waals surface area contributed by atoms with Gasteiger partial charge in [0.05, 0.1) is 11.3 Å². The number of nitrogens with one attached hydrogen (secondary N) is 1. The van der Waals surface area contributed by atoms with E-state index < -0.39 is 0 Å². The van der Waals surface area contributed by atoms with Gasteiger partial charge in [-0.2, -0.15) is 10.2 Å². The molecule has 1 N–H and O–H groups in total. The van der Waals surface area contributed by atoms with Crippen LogP contribution in [0.3, 0.4) is 0 Å². The number of hydrogen-bond acceptors (Lipinski definition) is 4. The van der Waals surface area contributed by atoms with E-state index in [1.807, 2.05) is 10.6 Å². The first-order chi connectivity index (χ1) is 9.75. The van der Waals surface area contributed by atoms with Crippen molar-refractivity contribution in [2.45, 2.75) is 46.1 Å². The third-order valence-corrected chi connectivity index (χ3v) is 3.59. The minimum absolute atomic E-state index is 0.150. The molecule has 0 aliphatic carbocycles. The standard InChI is InChI=1S/C14H21N5OS/c1-6-7-19-11(15-16-13(19)21)9-8-10(14(2,3)4)17-18(5)12(9)20/h8H,6-7H2,1-5H3,(H,16,21). The first-order valence-corrected chi connectivity index (χ1v) is 7.41. The first kappa shape index (κ1) is 15.6. The Morgan fingerprint density at radius 1 is 1.38 bits per heavy atom. The molecule has 2 rings (SSSR count). The van der Waals surface area contributed by atoms with E-state index in [-0.39, 0.29) is 11.0 Å². The Hall–Kier alpha value is -1.76. The molecule has 6 nitrogen and oxygen atoms in total. The van der Waals surface area contributed by atoms with Crippen LogP contribution in [0.15, 0.2) is 10.9 Å². The van der Waals surface area contributed by atoms with Gasteiger partial charge in [-0.25, -0.2) is 4.68 Å². The van der Waals surface area contributed by atoms with Crippen molar-refractivity contribution < 1.29 is 0 Å². The van der Waals surface area contributed by atoms with Crippen LogP contribution in [0.2, 0.25) is 0 Å². The topological polar surface area (TPSA) is 68.5 Å². The van der Waals surface area contributed by atoms with Gasteiger partial charge in [0, 0.05) is 19.0 Å². The third-order valence-electron chi connectivity index (χ3n) is 3.28. The SMILES string of the molecule is CCCn1c(-c2cc(C(C)(C)C)nn(C)c2=O)n[nH]c1=S. The average Bonchev–Trinajstić information content (AvgIpc) is 2.74. The lowest BCUT2D eigenvalue weighted by Crippen LogP contribution is -2.27. The first-order valence-electron chi connectivity index (χ1n) is 7.00. The summed E-state index contributed by atoms with van der Waals surface area (Å²) >= 11 is 5.24. The molecule has 0 saturated heterocycles. The quantitative estimate of drug-likeness (QED) is 0.884. The maximum atomic E-state index is 12.4. The molecule has 0 spiro atoms. The van der Waals surface area contributed by atoms with E-state index in [0.717, 1.165) is 18.7 Å². The van der Waals surface area contributed by atoms with Gasteiger partial charge in [0.2, 0.25) is 0 Å².